The molecule has 0 saturated carbocycles. The zero-order valence-electron chi connectivity index (χ0n) is 14.8. The van der Waals surface area contributed by atoms with E-state index in [1.54, 1.807) is 11.6 Å². The SMILES string of the molecule is CCOCCCN(CC(=O)Nc1nccs1)C(=O)c1cccc([N+](=O)[O-])c1. The Hall–Kier alpha value is -2.85. The largest absolute Gasteiger partial charge is 0.382 e. The number of thiazole rings is 1. The minimum absolute atomic E-state index is 0.155. The van der Waals surface area contributed by atoms with Crippen LogP contribution in [0.4, 0.5) is 10.8 Å². The summed E-state index contributed by atoms with van der Waals surface area (Å²) in [7, 11) is 0. The summed E-state index contributed by atoms with van der Waals surface area (Å²) in [6.07, 6.45) is 2.10. The number of non-ortho nitro benzene ring substituents is 1. The highest BCUT2D eigenvalue weighted by atomic mass is 32.1. The Morgan fingerprint density at radius 3 is 2.89 bits per heavy atom. The highest BCUT2D eigenvalue weighted by molar-refractivity contribution is 7.13. The van der Waals surface area contributed by atoms with E-state index >= 15 is 0 Å². The lowest BCUT2D eigenvalue weighted by molar-refractivity contribution is -0.384. The number of ether oxygens (including phenoxy) is 1. The molecular formula is C17H20N4O5S. The number of hydrogen-bond acceptors (Lipinski definition) is 7. The lowest BCUT2D eigenvalue weighted by atomic mass is 10.1. The molecule has 10 heteroatoms. The van der Waals surface area contributed by atoms with Crippen molar-refractivity contribution in [2.75, 3.05) is 31.6 Å². The van der Waals surface area contributed by atoms with Gasteiger partial charge in [0.1, 0.15) is 6.54 Å². The van der Waals surface area contributed by atoms with Crippen LogP contribution in [0.1, 0.15) is 23.7 Å². The average molecular weight is 392 g/mol. The van der Waals surface area contributed by atoms with E-state index in [0.29, 0.717) is 24.8 Å². The molecule has 2 amide bonds. The van der Waals surface area contributed by atoms with E-state index in [-0.39, 0.29) is 30.2 Å². The number of hydrogen-bond donors (Lipinski definition) is 1. The van der Waals surface area contributed by atoms with Crippen LogP contribution >= 0.6 is 11.3 Å². The van der Waals surface area contributed by atoms with Crippen molar-refractivity contribution in [1.29, 1.82) is 0 Å². The second kappa shape index (κ2) is 10.3. The Morgan fingerprint density at radius 1 is 1.41 bits per heavy atom. The van der Waals surface area contributed by atoms with E-state index in [4.69, 9.17) is 4.74 Å². The van der Waals surface area contributed by atoms with Gasteiger partial charge in [-0.2, -0.15) is 0 Å². The van der Waals surface area contributed by atoms with Gasteiger partial charge >= 0.3 is 0 Å². The Kier molecular flexibility index (Phi) is 7.83. The molecule has 2 rings (SSSR count). The minimum atomic E-state index is -0.564. The molecule has 0 aliphatic heterocycles. The van der Waals surface area contributed by atoms with E-state index in [1.807, 2.05) is 6.92 Å². The quantitative estimate of drug-likeness (QED) is 0.377. The number of nitro groups is 1. The van der Waals surface area contributed by atoms with Gasteiger partial charge in [-0.05, 0) is 19.4 Å². The maximum Gasteiger partial charge on any atom is 0.270 e. The van der Waals surface area contributed by atoms with Crippen LogP contribution in [0.2, 0.25) is 0 Å². The molecule has 0 fully saturated rings. The highest BCUT2D eigenvalue weighted by Crippen LogP contribution is 2.16. The predicted molar refractivity (Wildman–Crippen MR) is 101 cm³/mol. The fourth-order valence-electron chi connectivity index (χ4n) is 2.31. The van der Waals surface area contributed by atoms with Crippen LogP contribution in [0.5, 0.6) is 0 Å². The normalized spacial score (nSPS) is 10.4. The molecule has 27 heavy (non-hydrogen) atoms. The molecule has 0 bridgehead atoms. The maximum absolute atomic E-state index is 12.8. The average Bonchev–Trinajstić information content (AvgIpc) is 3.16. The van der Waals surface area contributed by atoms with Gasteiger partial charge < -0.3 is 15.0 Å². The number of nitrogens with zero attached hydrogens (tertiary/aromatic N) is 3. The summed E-state index contributed by atoms with van der Waals surface area (Å²) in [6.45, 7) is 2.97. The van der Waals surface area contributed by atoms with Crippen molar-refractivity contribution >= 4 is 34.0 Å². The Balaban J connectivity index is 2.09. The molecule has 0 spiro atoms. The third-order valence-electron chi connectivity index (χ3n) is 3.53. The molecule has 9 nitrogen and oxygen atoms in total. The highest BCUT2D eigenvalue weighted by Gasteiger charge is 2.21. The number of nitrogens with one attached hydrogen (secondary N) is 1. The monoisotopic (exact) mass is 392 g/mol. The van der Waals surface area contributed by atoms with Gasteiger partial charge in [0, 0.05) is 49.0 Å². The van der Waals surface area contributed by atoms with Crippen molar-refractivity contribution in [3.05, 3.63) is 51.5 Å². The van der Waals surface area contributed by atoms with Crippen molar-refractivity contribution < 1.29 is 19.2 Å². The first-order valence-corrected chi connectivity index (χ1v) is 9.20. The molecule has 1 N–H and O–H groups in total. The van der Waals surface area contributed by atoms with Crippen molar-refractivity contribution in [3.8, 4) is 0 Å². The van der Waals surface area contributed by atoms with Crippen molar-refractivity contribution in [2.24, 2.45) is 0 Å². The van der Waals surface area contributed by atoms with Gasteiger partial charge in [-0.1, -0.05) is 6.07 Å². The molecule has 0 aliphatic rings. The van der Waals surface area contributed by atoms with E-state index in [1.165, 1.54) is 40.5 Å². The molecular weight excluding hydrogens is 372 g/mol. The molecule has 144 valence electrons. The van der Waals surface area contributed by atoms with Crippen LogP contribution in [-0.4, -0.2) is 52.9 Å². The first-order chi connectivity index (χ1) is 13.0. The fraction of sp³-hybridized carbons (Fsp3) is 0.353. The van der Waals surface area contributed by atoms with Gasteiger partial charge in [0.05, 0.1) is 4.92 Å². The minimum Gasteiger partial charge on any atom is -0.382 e. The van der Waals surface area contributed by atoms with Crippen LogP contribution < -0.4 is 5.32 Å². The summed E-state index contributed by atoms with van der Waals surface area (Å²) in [6, 6.07) is 5.45. The topological polar surface area (TPSA) is 115 Å². The first-order valence-electron chi connectivity index (χ1n) is 8.32. The van der Waals surface area contributed by atoms with Gasteiger partial charge in [0.15, 0.2) is 5.13 Å². The van der Waals surface area contributed by atoms with Crippen LogP contribution in [0.25, 0.3) is 0 Å². The molecule has 1 heterocycles. The van der Waals surface area contributed by atoms with Crippen LogP contribution in [-0.2, 0) is 9.53 Å². The number of amides is 2. The van der Waals surface area contributed by atoms with Crippen LogP contribution in [0, 0.1) is 10.1 Å². The summed E-state index contributed by atoms with van der Waals surface area (Å²) >= 11 is 1.27. The molecule has 1 aromatic heterocycles. The molecule has 0 unspecified atom stereocenters. The summed E-state index contributed by atoms with van der Waals surface area (Å²) < 4.78 is 5.27. The van der Waals surface area contributed by atoms with E-state index in [9.17, 15) is 19.7 Å². The zero-order chi connectivity index (χ0) is 19.6. The Labute approximate surface area is 160 Å². The van der Waals surface area contributed by atoms with E-state index in [0.717, 1.165) is 0 Å². The lowest BCUT2D eigenvalue weighted by Gasteiger charge is -2.22. The number of anilines is 1. The number of carbonyl (C=O) groups excluding carboxylic acids is 2. The first kappa shape index (κ1) is 20.5. The summed E-state index contributed by atoms with van der Waals surface area (Å²) in [5.74, 6) is -0.843. The maximum atomic E-state index is 12.8. The third kappa shape index (κ3) is 6.42. The van der Waals surface area contributed by atoms with Crippen LogP contribution in [0.15, 0.2) is 35.8 Å². The number of rotatable bonds is 10. The van der Waals surface area contributed by atoms with Gasteiger partial charge in [-0.25, -0.2) is 4.98 Å². The zero-order valence-corrected chi connectivity index (χ0v) is 15.6. The van der Waals surface area contributed by atoms with Gasteiger partial charge in [-0.15, -0.1) is 11.3 Å². The van der Waals surface area contributed by atoms with Gasteiger partial charge in [-0.3, -0.25) is 19.7 Å². The summed E-state index contributed by atoms with van der Waals surface area (Å²) in [5, 5.41) is 15.7. The molecule has 2 aromatic rings. The molecule has 0 radical (unpaired) electrons. The second-order valence-corrected chi connectivity index (χ2v) is 6.36. The lowest BCUT2D eigenvalue weighted by Crippen LogP contribution is -2.39. The van der Waals surface area contributed by atoms with Gasteiger partial charge in [0.2, 0.25) is 5.91 Å². The number of benzene rings is 1. The molecule has 1 aromatic carbocycles. The molecule has 0 aliphatic carbocycles. The third-order valence-corrected chi connectivity index (χ3v) is 4.21. The Morgan fingerprint density at radius 2 is 2.22 bits per heavy atom. The van der Waals surface area contributed by atoms with Crippen molar-refractivity contribution in [3.63, 3.8) is 0 Å². The smallest absolute Gasteiger partial charge is 0.270 e. The fourth-order valence-corrected chi connectivity index (χ4v) is 2.85. The summed E-state index contributed by atoms with van der Waals surface area (Å²) in [5.41, 5.74) is -0.0231. The van der Waals surface area contributed by atoms with E-state index in [2.05, 4.69) is 10.3 Å². The van der Waals surface area contributed by atoms with Gasteiger partial charge in [0.25, 0.3) is 11.6 Å². The predicted octanol–water partition coefficient (Wildman–Crippen LogP) is 2.56. The number of aromatic nitrogens is 1. The second-order valence-electron chi connectivity index (χ2n) is 5.47. The standard InChI is InChI=1S/C17H20N4O5S/c1-2-26-9-4-8-20(12-15(22)19-17-18-7-10-27-17)16(23)13-5-3-6-14(11-13)21(24)25/h3,5-7,10-11H,2,4,8-9,12H2,1H3,(H,18,19,22). The summed E-state index contributed by atoms with van der Waals surface area (Å²) in [4.78, 5) is 40.7. The van der Waals surface area contributed by atoms with E-state index < -0.39 is 10.8 Å². The Bertz CT molecular complexity index is 781. The van der Waals surface area contributed by atoms with Crippen molar-refractivity contribution in [1.82, 2.24) is 9.88 Å². The molecule has 0 saturated heterocycles. The molecule has 0 atom stereocenters. The van der Waals surface area contributed by atoms with Crippen LogP contribution in [0.3, 0.4) is 0 Å². The van der Waals surface area contributed by atoms with Crippen molar-refractivity contribution in [2.45, 2.75) is 13.3 Å². The number of nitro benzene ring substituents is 1. The number of carbonyl (C=O) groups is 2.